The highest BCUT2D eigenvalue weighted by molar-refractivity contribution is 6.06. The van der Waals surface area contributed by atoms with Gasteiger partial charge in [0.1, 0.15) is 0 Å². The Balaban J connectivity index is 2.21. The molecule has 1 fully saturated rings. The Hall–Kier alpha value is -1.65. The molecule has 0 aromatic carbocycles. The zero-order chi connectivity index (χ0) is 13.3. The minimum atomic E-state index is -0.976. The Morgan fingerprint density at radius 3 is 2.22 bits per heavy atom. The number of carboxylic acids is 1. The Kier molecular flexibility index (Phi) is 3.50. The van der Waals surface area contributed by atoms with Crippen LogP contribution in [0.15, 0.2) is 12.2 Å². The van der Waals surface area contributed by atoms with Gasteiger partial charge in [0.25, 0.3) is 0 Å². The molecular formula is C13H17NO4. The minimum Gasteiger partial charge on any atom is -0.481 e. The summed E-state index contributed by atoms with van der Waals surface area (Å²) in [4.78, 5) is 36.4. The molecule has 0 saturated carbocycles. The maximum Gasteiger partial charge on any atom is 0.305 e. The maximum atomic E-state index is 12.2. The van der Waals surface area contributed by atoms with Crippen LogP contribution in [-0.4, -0.2) is 33.8 Å². The number of amides is 2. The van der Waals surface area contributed by atoms with Crippen LogP contribution in [-0.2, 0) is 14.4 Å². The van der Waals surface area contributed by atoms with Gasteiger partial charge in [-0.05, 0) is 19.3 Å². The molecule has 2 amide bonds. The van der Waals surface area contributed by atoms with Crippen LogP contribution in [0.5, 0.6) is 0 Å². The number of aliphatic carboxylic acids is 1. The number of hydrogen-bond acceptors (Lipinski definition) is 3. The predicted octanol–water partition coefficient (Wildman–Crippen LogP) is 1.19. The molecule has 1 heterocycles. The first-order chi connectivity index (χ1) is 8.56. The highest BCUT2D eigenvalue weighted by atomic mass is 16.4. The van der Waals surface area contributed by atoms with Crippen molar-refractivity contribution in [1.82, 2.24) is 4.90 Å². The number of hydrogen-bond donors (Lipinski definition) is 1. The second-order valence-corrected chi connectivity index (χ2v) is 4.86. The Bertz CT molecular complexity index is 389. The zero-order valence-corrected chi connectivity index (χ0v) is 10.3. The van der Waals surface area contributed by atoms with Gasteiger partial charge in [-0.3, -0.25) is 19.3 Å². The molecule has 1 aliphatic heterocycles. The van der Waals surface area contributed by atoms with Crippen LogP contribution < -0.4 is 0 Å². The molecule has 1 unspecified atom stereocenters. The second kappa shape index (κ2) is 4.92. The lowest BCUT2D eigenvalue weighted by Crippen LogP contribution is -2.41. The van der Waals surface area contributed by atoms with Crippen LogP contribution in [0.25, 0.3) is 0 Å². The number of rotatable bonds is 4. The van der Waals surface area contributed by atoms with Crippen LogP contribution in [0.1, 0.15) is 32.6 Å². The number of likely N-dealkylation sites (tertiary alicyclic amines) is 1. The highest BCUT2D eigenvalue weighted by Gasteiger charge is 2.49. The minimum absolute atomic E-state index is 0.166. The van der Waals surface area contributed by atoms with Gasteiger partial charge < -0.3 is 5.11 Å². The van der Waals surface area contributed by atoms with E-state index < -0.39 is 12.0 Å². The highest BCUT2D eigenvalue weighted by Crippen LogP contribution is 2.36. The molecule has 1 N–H and O–H groups in total. The number of nitrogens with zero attached hydrogens (tertiary/aromatic N) is 1. The number of fused-ring (bicyclic) bond motifs is 1. The molecule has 2 aliphatic rings. The van der Waals surface area contributed by atoms with E-state index in [1.54, 1.807) is 6.92 Å². The SMILES string of the molecule is CCC(CC(=O)O)N1C(=O)[C@H]2CC=CC[C@H]2C1=O. The summed E-state index contributed by atoms with van der Waals surface area (Å²) >= 11 is 0. The van der Waals surface area contributed by atoms with Crippen molar-refractivity contribution in [2.45, 2.75) is 38.6 Å². The van der Waals surface area contributed by atoms with E-state index in [1.165, 1.54) is 4.90 Å². The normalized spacial score (nSPS) is 28.4. The summed E-state index contributed by atoms with van der Waals surface area (Å²) in [5.74, 6) is -1.91. The average Bonchev–Trinajstić information content (AvgIpc) is 2.60. The van der Waals surface area contributed by atoms with Crippen molar-refractivity contribution in [3.05, 3.63) is 12.2 Å². The number of carbonyl (C=O) groups is 3. The fourth-order valence-corrected chi connectivity index (χ4v) is 2.81. The lowest BCUT2D eigenvalue weighted by molar-refractivity contribution is -0.145. The van der Waals surface area contributed by atoms with Crippen molar-refractivity contribution in [2.24, 2.45) is 11.8 Å². The van der Waals surface area contributed by atoms with Gasteiger partial charge in [0, 0.05) is 6.04 Å². The van der Waals surface area contributed by atoms with Crippen molar-refractivity contribution in [3.63, 3.8) is 0 Å². The van der Waals surface area contributed by atoms with E-state index in [1.807, 2.05) is 12.2 Å². The zero-order valence-electron chi connectivity index (χ0n) is 10.3. The Morgan fingerprint density at radius 1 is 1.33 bits per heavy atom. The topological polar surface area (TPSA) is 74.7 Å². The summed E-state index contributed by atoms with van der Waals surface area (Å²) in [6, 6.07) is -0.506. The first-order valence-corrected chi connectivity index (χ1v) is 6.30. The van der Waals surface area contributed by atoms with Crippen molar-refractivity contribution < 1.29 is 19.5 Å². The van der Waals surface area contributed by atoms with Gasteiger partial charge in [-0.2, -0.15) is 0 Å². The third kappa shape index (κ3) is 2.05. The standard InChI is InChI=1S/C13H17NO4/c1-2-8(7-11(15)16)14-12(17)9-5-3-4-6-10(9)13(14)18/h3-4,8-10H,2,5-7H2,1H3,(H,15,16)/t8?,9-,10+. The molecular weight excluding hydrogens is 234 g/mol. The van der Waals surface area contributed by atoms with Crippen LogP contribution in [0.4, 0.5) is 0 Å². The third-order valence-corrected chi connectivity index (χ3v) is 3.79. The van der Waals surface area contributed by atoms with Crippen molar-refractivity contribution in [3.8, 4) is 0 Å². The number of carboxylic acid groups (broad SMARTS) is 1. The fourth-order valence-electron chi connectivity index (χ4n) is 2.81. The maximum absolute atomic E-state index is 12.2. The van der Waals surface area contributed by atoms with E-state index in [-0.39, 0.29) is 30.1 Å². The van der Waals surface area contributed by atoms with Crippen LogP contribution >= 0.6 is 0 Å². The lowest BCUT2D eigenvalue weighted by Gasteiger charge is -2.24. The monoisotopic (exact) mass is 251 g/mol. The average molecular weight is 251 g/mol. The van der Waals surface area contributed by atoms with Gasteiger partial charge in [0.05, 0.1) is 18.3 Å². The summed E-state index contributed by atoms with van der Waals surface area (Å²) in [6.45, 7) is 1.80. The summed E-state index contributed by atoms with van der Waals surface area (Å²) in [5.41, 5.74) is 0. The molecule has 3 atom stereocenters. The second-order valence-electron chi connectivity index (χ2n) is 4.86. The van der Waals surface area contributed by atoms with Crippen LogP contribution in [0, 0.1) is 11.8 Å². The molecule has 0 aromatic rings. The summed E-state index contributed by atoms with van der Waals surface area (Å²) in [7, 11) is 0. The molecule has 98 valence electrons. The van der Waals surface area contributed by atoms with Gasteiger partial charge in [0.15, 0.2) is 0 Å². The molecule has 18 heavy (non-hydrogen) atoms. The smallest absolute Gasteiger partial charge is 0.305 e. The van der Waals surface area contributed by atoms with Crippen molar-refractivity contribution in [2.75, 3.05) is 0 Å². The molecule has 1 aliphatic carbocycles. The lowest BCUT2D eigenvalue weighted by atomic mass is 9.85. The summed E-state index contributed by atoms with van der Waals surface area (Å²) in [5, 5.41) is 8.84. The van der Waals surface area contributed by atoms with E-state index in [2.05, 4.69) is 0 Å². The summed E-state index contributed by atoms with van der Waals surface area (Å²) in [6.07, 6.45) is 5.35. The van der Waals surface area contributed by atoms with Crippen LogP contribution in [0.3, 0.4) is 0 Å². The number of allylic oxidation sites excluding steroid dienone is 2. The third-order valence-electron chi connectivity index (χ3n) is 3.79. The van der Waals surface area contributed by atoms with Crippen LogP contribution in [0.2, 0.25) is 0 Å². The van der Waals surface area contributed by atoms with Gasteiger partial charge >= 0.3 is 5.97 Å². The van der Waals surface area contributed by atoms with E-state index in [0.717, 1.165) is 0 Å². The molecule has 0 spiro atoms. The molecule has 0 bridgehead atoms. The number of imide groups is 1. The first-order valence-electron chi connectivity index (χ1n) is 6.30. The van der Waals surface area contributed by atoms with E-state index in [4.69, 9.17) is 5.11 Å². The van der Waals surface area contributed by atoms with E-state index >= 15 is 0 Å². The molecule has 0 aromatic heterocycles. The van der Waals surface area contributed by atoms with Crippen molar-refractivity contribution in [1.29, 1.82) is 0 Å². The quantitative estimate of drug-likeness (QED) is 0.601. The van der Waals surface area contributed by atoms with Gasteiger partial charge in [-0.15, -0.1) is 0 Å². The Labute approximate surface area is 105 Å². The van der Waals surface area contributed by atoms with E-state index in [0.29, 0.717) is 19.3 Å². The van der Waals surface area contributed by atoms with Gasteiger partial charge in [-0.1, -0.05) is 19.1 Å². The fraction of sp³-hybridized carbons (Fsp3) is 0.615. The molecule has 5 heteroatoms. The molecule has 5 nitrogen and oxygen atoms in total. The van der Waals surface area contributed by atoms with Gasteiger partial charge in [0.2, 0.25) is 11.8 Å². The molecule has 2 rings (SSSR count). The Morgan fingerprint density at radius 2 is 1.83 bits per heavy atom. The first kappa shape index (κ1) is 12.8. The van der Waals surface area contributed by atoms with Crippen molar-refractivity contribution >= 4 is 17.8 Å². The molecule has 1 saturated heterocycles. The molecule has 0 radical (unpaired) electrons. The number of carbonyl (C=O) groups excluding carboxylic acids is 2. The van der Waals surface area contributed by atoms with Gasteiger partial charge in [-0.25, -0.2) is 0 Å². The summed E-state index contributed by atoms with van der Waals surface area (Å²) < 4.78 is 0. The largest absolute Gasteiger partial charge is 0.481 e. The predicted molar refractivity (Wildman–Crippen MR) is 63.5 cm³/mol. The van der Waals surface area contributed by atoms with E-state index in [9.17, 15) is 14.4 Å².